The predicted molar refractivity (Wildman–Crippen MR) is 102 cm³/mol. The number of hydrogen-bond donors (Lipinski definition) is 0. The Kier molecular flexibility index (Phi) is 6.49. The standard InChI is InChI=1S/C23H28FO/c1-18(20-12-6-3-7-13-20)21-14-15-23(22(24)17-21)25-16-8-11-19-9-4-2-5-10-19/h3,6,9,12-15,17-18H,2,4-5,7-8,10-11,16H2,1H3. The number of halogens is 1. The third-order valence-electron chi connectivity index (χ3n) is 5.16. The molecule has 2 aliphatic carbocycles. The minimum Gasteiger partial charge on any atom is -0.491 e. The molecule has 0 spiro atoms. The molecule has 0 N–H and O–H groups in total. The number of rotatable bonds is 7. The summed E-state index contributed by atoms with van der Waals surface area (Å²) in [5.41, 5.74) is 3.79. The highest BCUT2D eigenvalue weighted by molar-refractivity contribution is 5.40. The van der Waals surface area contributed by atoms with Crippen LogP contribution >= 0.6 is 0 Å². The van der Waals surface area contributed by atoms with Crippen LogP contribution in [0.4, 0.5) is 4.39 Å². The average molecular weight is 339 g/mol. The quantitative estimate of drug-likeness (QED) is 0.398. The summed E-state index contributed by atoms with van der Waals surface area (Å²) < 4.78 is 20.1. The Balaban J connectivity index is 1.51. The van der Waals surface area contributed by atoms with Gasteiger partial charge in [0.2, 0.25) is 0 Å². The SMILES string of the molecule is CC(C1=CCC=C[CH]1)c1ccc(OCCCC2=CCCCC2)c(F)c1. The van der Waals surface area contributed by atoms with Crippen molar-refractivity contribution >= 4 is 0 Å². The molecule has 1 radical (unpaired) electrons. The van der Waals surface area contributed by atoms with Crippen molar-refractivity contribution in [3.8, 4) is 5.75 Å². The lowest BCUT2D eigenvalue weighted by atomic mass is 9.88. The van der Waals surface area contributed by atoms with Crippen LogP contribution in [0.3, 0.4) is 0 Å². The third-order valence-corrected chi connectivity index (χ3v) is 5.16. The zero-order valence-electron chi connectivity index (χ0n) is 15.1. The summed E-state index contributed by atoms with van der Waals surface area (Å²) in [6.07, 6.45) is 18.9. The Morgan fingerprint density at radius 1 is 1.20 bits per heavy atom. The fourth-order valence-electron chi connectivity index (χ4n) is 3.56. The van der Waals surface area contributed by atoms with Gasteiger partial charge in [-0.05, 0) is 62.6 Å². The molecule has 0 bridgehead atoms. The van der Waals surface area contributed by atoms with Crippen LogP contribution in [-0.4, -0.2) is 6.61 Å². The highest BCUT2D eigenvalue weighted by Gasteiger charge is 2.14. The molecule has 0 saturated carbocycles. The van der Waals surface area contributed by atoms with Crippen LogP contribution in [0.15, 0.2) is 53.6 Å². The molecule has 1 unspecified atom stereocenters. The number of ether oxygens (including phenoxy) is 1. The van der Waals surface area contributed by atoms with Gasteiger partial charge in [-0.2, -0.15) is 0 Å². The molecule has 2 heteroatoms. The van der Waals surface area contributed by atoms with Gasteiger partial charge in [-0.3, -0.25) is 0 Å². The average Bonchev–Trinajstić information content (AvgIpc) is 2.67. The number of allylic oxidation sites excluding steroid dienone is 6. The molecular weight excluding hydrogens is 311 g/mol. The minimum absolute atomic E-state index is 0.201. The first kappa shape index (κ1) is 18.0. The molecule has 0 amide bonds. The van der Waals surface area contributed by atoms with Gasteiger partial charge in [-0.15, -0.1) is 0 Å². The van der Waals surface area contributed by atoms with Crippen LogP contribution < -0.4 is 4.74 Å². The molecule has 0 aromatic heterocycles. The van der Waals surface area contributed by atoms with Crippen molar-refractivity contribution < 1.29 is 9.13 Å². The maximum atomic E-state index is 14.4. The van der Waals surface area contributed by atoms with Gasteiger partial charge in [0.25, 0.3) is 0 Å². The van der Waals surface area contributed by atoms with Crippen molar-refractivity contribution in [2.75, 3.05) is 6.61 Å². The molecule has 1 aromatic carbocycles. The van der Waals surface area contributed by atoms with Gasteiger partial charge in [0, 0.05) is 12.3 Å². The first-order chi connectivity index (χ1) is 12.2. The van der Waals surface area contributed by atoms with Crippen molar-refractivity contribution in [2.45, 2.75) is 57.8 Å². The van der Waals surface area contributed by atoms with Crippen molar-refractivity contribution in [3.63, 3.8) is 0 Å². The van der Waals surface area contributed by atoms with Crippen molar-refractivity contribution in [1.29, 1.82) is 0 Å². The molecule has 0 fully saturated rings. The van der Waals surface area contributed by atoms with Crippen LogP contribution in [0, 0.1) is 12.2 Å². The van der Waals surface area contributed by atoms with E-state index in [1.54, 1.807) is 17.7 Å². The van der Waals surface area contributed by atoms with Gasteiger partial charge < -0.3 is 4.74 Å². The molecule has 1 nitrogen and oxygen atoms in total. The summed E-state index contributed by atoms with van der Waals surface area (Å²) >= 11 is 0. The second-order valence-electron chi connectivity index (χ2n) is 7.01. The minimum atomic E-state index is -0.256. The molecule has 0 heterocycles. The molecule has 25 heavy (non-hydrogen) atoms. The van der Waals surface area contributed by atoms with Crippen molar-refractivity contribution in [1.82, 2.24) is 0 Å². The first-order valence-electron chi connectivity index (χ1n) is 9.54. The Morgan fingerprint density at radius 3 is 2.84 bits per heavy atom. The van der Waals surface area contributed by atoms with E-state index in [2.05, 4.69) is 37.6 Å². The van der Waals surface area contributed by atoms with Crippen molar-refractivity contribution in [2.24, 2.45) is 0 Å². The van der Waals surface area contributed by atoms with E-state index in [1.807, 2.05) is 6.07 Å². The fourth-order valence-corrected chi connectivity index (χ4v) is 3.56. The van der Waals surface area contributed by atoms with Gasteiger partial charge in [0.15, 0.2) is 11.6 Å². The zero-order valence-corrected chi connectivity index (χ0v) is 15.1. The lowest BCUT2D eigenvalue weighted by Crippen LogP contribution is -2.04. The molecule has 0 aliphatic heterocycles. The Labute approximate surface area is 151 Å². The molecule has 133 valence electrons. The van der Waals surface area contributed by atoms with E-state index in [0.29, 0.717) is 12.4 Å². The second-order valence-corrected chi connectivity index (χ2v) is 7.01. The Bertz CT molecular complexity index is 669. The maximum Gasteiger partial charge on any atom is 0.165 e. The summed E-state index contributed by atoms with van der Waals surface area (Å²) in [5, 5.41) is 0. The van der Waals surface area contributed by atoms with E-state index in [0.717, 1.165) is 24.8 Å². The fraction of sp³-hybridized carbons (Fsp3) is 0.435. The van der Waals surface area contributed by atoms with Gasteiger partial charge >= 0.3 is 0 Å². The summed E-state index contributed by atoms with van der Waals surface area (Å²) in [5.74, 6) is 0.315. The summed E-state index contributed by atoms with van der Waals surface area (Å²) in [7, 11) is 0. The van der Waals surface area contributed by atoms with Gasteiger partial charge in [0.05, 0.1) is 6.61 Å². The number of hydrogen-bond acceptors (Lipinski definition) is 1. The second kappa shape index (κ2) is 9.03. The van der Waals surface area contributed by atoms with E-state index >= 15 is 0 Å². The van der Waals surface area contributed by atoms with Crippen LogP contribution in [0.25, 0.3) is 0 Å². The van der Waals surface area contributed by atoms with Gasteiger partial charge in [-0.25, -0.2) is 4.39 Å². The first-order valence-corrected chi connectivity index (χ1v) is 9.54. The summed E-state index contributed by atoms with van der Waals surface area (Å²) in [4.78, 5) is 0. The van der Waals surface area contributed by atoms with Crippen LogP contribution in [0.1, 0.15) is 63.4 Å². The van der Waals surface area contributed by atoms with E-state index in [-0.39, 0.29) is 11.7 Å². The van der Waals surface area contributed by atoms with E-state index < -0.39 is 0 Å². The van der Waals surface area contributed by atoms with Crippen LogP contribution in [-0.2, 0) is 0 Å². The Hall–Kier alpha value is -1.83. The van der Waals surface area contributed by atoms with Crippen LogP contribution in [0.2, 0.25) is 0 Å². The smallest absolute Gasteiger partial charge is 0.165 e. The largest absolute Gasteiger partial charge is 0.491 e. The van der Waals surface area contributed by atoms with Gasteiger partial charge in [0.1, 0.15) is 0 Å². The highest BCUT2D eigenvalue weighted by Crippen LogP contribution is 2.31. The third kappa shape index (κ3) is 5.07. The molecule has 3 rings (SSSR count). The van der Waals surface area contributed by atoms with E-state index in [9.17, 15) is 4.39 Å². The topological polar surface area (TPSA) is 9.23 Å². The molecule has 1 aromatic rings. The highest BCUT2D eigenvalue weighted by atomic mass is 19.1. The maximum absolute atomic E-state index is 14.4. The molecule has 1 atom stereocenters. The molecule has 2 aliphatic rings. The van der Waals surface area contributed by atoms with Gasteiger partial charge in [-0.1, -0.05) is 48.4 Å². The van der Waals surface area contributed by atoms with E-state index in [4.69, 9.17) is 4.74 Å². The lowest BCUT2D eigenvalue weighted by Gasteiger charge is -2.18. The molecular formula is C23H28FO. The normalized spacial score (nSPS) is 18.5. The number of benzene rings is 1. The summed E-state index contributed by atoms with van der Waals surface area (Å²) in [6.45, 7) is 2.70. The molecule has 0 saturated heterocycles. The predicted octanol–water partition coefficient (Wildman–Crippen LogP) is 6.68. The lowest BCUT2D eigenvalue weighted by molar-refractivity contribution is 0.294. The van der Waals surface area contributed by atoms with Crippen molar-refractivity contribution in [3.05, 3.63) is 71.5 Å². The van der Waals surface area contributed by atoms with Crippen LogP contribution in [0.5, 0.6) is 5.75 Å². The summed E-state index contributed by atoms with van der Waals surface area (Å²) in [6, 6.07) is 5.39. The van der Waals surface area contributed by atoms with E-state index in [1.165, 1.54) is 31.3 Å². The Morgan fingerprint density at radius 2 is 2.12 bits per heavy atom. The zero-order chi connectivity index (χ0) is 17.5. The monoisotopic (exact) mass is 339 g/mol.